The predicted molar refractivity (Wildman–Crippen MR) is 129 cm³/mol. The van der Waals surface area contributed by atoms with Crippen molar-refractivity contribution in [3.63, 3.8) is 0 Å². The van der Waals surface area contributed by atoms with Gasteiger partial charge in [0.2, 0.25) is 0 Å². The monoisotopic (exact) mass is 580 g/mol. The fourth-order valence-electron chi connectivity index (χ4n) is 3.92. The summed E-state index contributed by atoms with van der Waals surface area (Å²) >= 11 is 6.21. The standard InChI is InChI=1S/C20H24ClFN4O9P2/c1-10(11-2-4-12(22)5-3-11)24-13-6-16(21)25-26-14(7-23-20(13)26)19-18(28)17(27)15(35-19)8-34-37(32,33)9-36(29,30)31/h2-7,10,15,17-19,24,27-28H,8-9H2,1H3,(H,32,33)(H2,29,30,31)/t10-,15+,17+,18+,19?/m0/s1. The number of hydrogen-bond donors (Lipinski definition) is 6. The molecule has 1 aliphatic heterocycles. The van der Waals surface area contributed by atoms with Crippen LogP contribution in [0.5, 0.6) is 0 Å². The van der Waals surface area contributed by atoms with E-state index in [1.165, 1.54) is 28.9 Å². The van der Waals surface area contributed by atoms with Gasteiger partial charge in [-0.25, -0.2) is 13.9 Å². The summed E-state index contributed by atoms with van der Waals surface area (Å²) in [6, 6.07) is 7.18. The fourth-order valence-corrected chi connectivity index (χ4v) is 6.67. The summed E-state index contributed by atoms with van der Waals surface area (Å²) in [4.78, 5) is 31.8. The highest BCUT2D eigenvalue weighted by Crippen LogP contribution is 2.55. The highest BCUT2D eigenvalue weighted by molar-refractivity contribution is 7.70. The maximum absolute atomic E-state index is 13.3. The van der Waals surface area contributed by atoms with Gasteiger partial charge in [0.15, 0.2) is 16.7 Å². The molecular formula is C20H24ClFN4O9P2. The van der Waals surface area contributed by atoms with Crippen LogP contribution >= 0.6 is 26.8 Å². The second kappa shape index (κ2) is 10.7. The lowest BCUT2D eigenvalue weighted by molar-refractivity contribution is -0.0204. The van der Waals surface area contributed by atoms with E-state index in [0.29, 0.717) is 11.3 Å². The maximum atomic E-state index is 13.3. The van der Waals surface area contributed by atoms with Crippen molar-refractivity contribution in [3.05, 3.63) is 58.8 Å². The normalized spacial score (nSPS) is 24.8. The van der Waals surface area contributed by atoms with E-state index >= 15 is 0 Å². The molecule has 6 N–H and O–H groups in total. The van der Waals surface area contributed by atoms with Crippen molar-refractivity contribution < 1.29 is 47.7 Å². The molecule has 202 valence electrons. The smallest absolute Gasteiger partial charge is 0.340 e. The molecule has 0 saturated carbocycles. The van der Waals surface area contributed by atoms with Gasteiger partial charge in [-0.2, -0.15) is 5.10 Å². The third-order valence-electron chi connectivity index (χ3n) is 5.66. The number of rotatable bonds is 9. The van der Waals surface area contributed by atoms with E-state index < -0.39 is 52.1 Å². The minimum Gasteiger partial charge on any atom is -0.387 e. The Hall–Kier alpha value is -1.96. The van der Waals surface area contributed by atoms with E-state index in [-0.39, 0.29) is 22.7 Å². The maximum Gasteiger partial charge on any atom is 0.340 e. The highest BCUT2D eigenvalue weighted by Gasteiger charge is 2.46. The predicted octanol–water partition coefficient (Wildman–Crippen LogP) is 2.19. The van der Waals surface area contributed by atoms with Gasteiger partial charge in [0.1, 0.15) is 30.2 Å². The van der Waals surface area contributed by atoms with Crippen molar-refractivity contribution in [2.24, 2.45) is 0 Å². The molecule has 1 aliphatic rings. The van der Waals surface area contributed by atoms with Gasteiger partial charge in [0.25, 0.3) is 0 Å². The van der Waals surface area contributed by atoms with Gasteiger partial charge in [-0.05, 0) is 24.6 Å². The van der Waals surface area contributed by atoms with Gasteiger partial charge in [-0.3, -0.25) is 9.13 Å². The number of aliphatic hydroxyl groups is 2. The first-order valence-electron chi connectivity index (χ1n) is 10.8. The van der Waals surface area contributed by atoms with Crippen molar-refractivity contribution in [1.82, 2.24) is 14.6 Å². The first-order chi connectivity index (χ1) is 17.2. The Labute approximate surface area is 214 Å². The Morgan fingerprint density at radius 3 is 2.54 bits per heavy atom. The molecule has 1 aromatic carbocycles. The molecule has 2 unspecified atom stereocenters. The minimum absolute atomic E-state index is 0.0622. The van der Waals surface area contributed by atoms with Crippen LogP contribution < -0.4 is 5.32 Å². The molecule has 1 fully saturated rings. The average Bonchev–Trinajstić information content (AvgIpc) is 3.32. The van der Waals surface area contributed by atoms with Crippen LogP contribution in [0.4, 0.5) is 10.1 Å². The van der Waals surface area contributed by atoms with Gasteiger partial charge < -0.3 is 39.5 Å². The topological polar surface area (TPSA) is 196 Å². The van der Waals surface area contributed by atoms with Gasteiger partial charge in [0, 0.05) is 12.1 Å². The van der Waals surface area contributed by atoms with Crippen LogP contribution in [-0.4, -0.2) is 70.3 Å². The fraction of sp³-hybridized carbons (Fsp3) is 0.400. The van der Waals surface area contributed by atoms with E-state index in [1.807, 2.05) is 6.92 Å². The lowest BCUT2D eigenvalue weighted by Gasteiger charge is -2.18. The number of fused-ring (bicyclic) bond motifs is 1. The Morgan fingerprint density at radius 2 is 1.89 bits per heavy atom. The molecule has 4 rings (SSSR count). The molecule has 0 radical (unpaired) electrons. The summed E-state index contributed by atoms with van der Waals surface area (Å²) in [5, 5.41) is 28.5. The molecule has 1 saturated heterocycles. The average molecular weight is 581 g/mol. The summed E-state index contributed by atoms with van der Waals surface area (Å²) in [6.45, 7) is 1.12. The number of nitrogens with zero attached hydrogens (tertiary/aromatic N) is 3. The van der Waals surface area contributed by atoms with Crippen LogP contribution in [0.15, 0.2) is 36.5 Å². The van der Waals surface area contributed by atoms with Gasteiger partial charge in [0.05, 0.1) is 24.2 Å². The quantitative estimate of drug-likeness (QED) is 0.202. The van der Waals surface area contributed by atoms with E-state index in [0.717, 1.165) is 5.56 Å². The zero-order chi connectivity index (χ0) is 27.1. The molecular weight excluding hydrogens is 557 g/mol. The first kappa shape index (κ1) is 28.1. The van der Waals surface area contributed by atoms with E-state index in [1.54, 1.807) is 12.1 Å². The van der Waals surface area contributed by atoms with Crippen LogP contribution in [0.2, 0.25) is 5.15 Å². The van der Waals surface area contributed by atoms with Crippen molar-refractivity contribution in [2.75, 3.05) is 17.8 Å². The molecule has 3 aromatic rings. The van der Waals surface area contributed by atoms with Crippen LogP contribution in [0, 0.1) is 5.82 Å². The number of halogens is 2. The molecule has 0 aliphatic carbocycles. The number of anilines is 1. The van der Waals surface area contributed by atoms with Gasteiger partial charge in [-0.15, -0.1) is 0 Å². The summed E-state index contributed by atoms with van der Waals surface area (Å²) in [6.07, 6.45) is -4.25. The van der Waals surface area contributed by atoms with Crippen LogP contribution in [0.3, 0.4) is 0 Å². The number of hydrogen-bond acceptors (Lipinski definition) is 9. The number of nitrogens with one attached hydrogen (secondary N) is 1. The Balaban J connectivity index is 1.55. The van der Waals surface area contributed by atoms with E-state index in [4.69, 9.17) is 30.6 Å². The molecule has 0 bridgehead atoms. The van der Waals surface area contributed by atoms with Gasteiger partial charge >= 0.3 is 15.2 Å². The number of imidazole rings is 1. The summed E-state index contributed by atoms with van der Waals surface area (Å²) in [5.74, 6) is -1.77. The minimum atomic E-state index is -4.84. The molecule has 6 atom stereocenters. The molecule has 37 heavy (non-hydrogen) atoms. The molecule has 2 aromatic heterocycles. The third-order valence-corrected chi connectivity index (χ3v) is 9.30. The lowest BCUT2D eigenvalue weighted by Crippen LogP contribution is -2.33. The first-order valence-corrected chi connectivity index (χ1v) is 14.8. The van der Waals surface area contributed by atoms with Crippen molar-refractivity contribution in [3.8, 4) is 0 Å². The van der Waals surface area contributed by atoms with Crippen molar-refractivity contribution in [2.45, 2.75) is 37.4 Å². The molecule has 17 heteroatoms. The zero-order valence-electron chi connectivity index (χ0n) is 19.1. The van der Waals surface area contributed by atoms with Crippen LogP contribution in [-0.2, 0) is 18.4 Å². The van der Waals surface area contributed by atoms with Gasteiger partial charge in [-0.1, -0.05) is 23.7 Å². The number of aliphatic hydroxyl groups excluding tert-OH is 2. The van der Waals surface area contributed by atoms with Crippen molar-refractivity contribution in [1.29, 1.82) is 0 Å². The van der Waals surface area contributed by atoms with Crippen LogP contribution in [0.25, 0.3) is 5.65 Å². The second-order valence-corrected chi connectivity index (χ2v) is 12.9. The zero-order valence-corrected chi connectivity index (χ0v) is 21.7. The summed E-state index contributed by atoms with van der Waals surface area (Å²) < 4.78 is 47.9. The Morgan fingerprint density at radius 1 is 1.22 bits per heavy atom. The van der Waals surface area contributed by atoms with Crippen molar-refractivity contribution >= 4 is 38.1 Å². The summed E-state index contributed by atoms with van der Waals surface area (Å²) in [5.41, 5.74) is 1.76. The lowest BCUT2D eigenvalue weighted by atomic mass is 10.1. The molecule has 13 nitrogen and oxygen atoms in total. The highest BCUT2D eigenvalue weighted by atomic mass is 35.5. The summed E-state index contributed by atoms with van der Waals surface area (Å²) in [7, 11) is -9.54. The number of benzene rings is 1. The van der Waals surface area contributed by atoms with E-state index in [9.17, 15) is 28.6 Å². The molecule has 0 amide bonds. The SMILES string of the molecule is C[C@H](Nc1cc(Cl)nn2c(C3O[C@H](COP(=O)(O)CP(=O)(O)O)[C@@H](O)[C@H]3O)cnc12)c1ccc(F)cc1. The largest absolute Gasteiger partial charge is 0.387 e. The Bertz CT molecular complexity index is 1370. The van der Waals surface area contributed by atoms with E-state index in [2.05, 4.69) is 15.4 Å². The third kappa shape index (κ3) is 6.55. The second-order valence-electron chi connectivity index (χ2n) is 8.53. The number of ether oxygens (including phenoxy) is 1. The van der Waals surface area contributed by atoms with Crippen LogP contribution in [0.1, 0.15) is 30.3 Å². The molecule has 3 heterocycles. The number of aromatic nitrogens is 3. The molecule has 0 spiro atoms. The Kier molecular flexibility index (Phi) is 8.08.